The number of terminal acetylenes is 1. The van der Waals surface area contributed by atoms with Crippen LogP contribution < -0.4 is 0 Å². The summed E-state index contributed by atoms with van der Waals surface area (Å²) < 4.78 is 1.83. The minimum atomic E-state index is -0.175. The Bertz CT molecular complexity index is 996. The summed E-state index contributed by atoms with van der Waals surface area (Å²) in [5, 5.41) is 0.349. The Morgan fingerprint density at radius 3 is 2.81 bits per heavy atom. The quantitative estimate of drug-likeness (QED) is 0.508. The second kappa shape index (κ2) is 7.90. The van der Waals surface area contributed by atoms with Crippen LogP contribution in [0.25, 0.3) is 11.7 Å². The van der Waals surface area contributed by atoms with Crippen molar-refractivity contribution in [3.05, 3.63) is 76.7 Å². The summed E-state index contributed by atoms with van der Waals surface area (Å²) in [6, 6.07) is 13.6. The van der Waals surface area contributed by atoms with Gasteiger partial charge in [0.25, 0.3) is 0 Å². The fraction of sp³-hybridized carbons (Fsp3) is 0.143. The molecule has 5 heteroatoms. The number of aryl methyl sites for hydroxylation is 1. The first kappa shape index (κ1) is 17.8. The largest absolute Gasteiger partial charge is 0.324 e. The van der Waals surface area contributed by atoms with E-state index < -0.39 is 0 Å². The highest BCUT2D eigenvalue weighted by Crippen LogP contribution is 2.19. The predicted octanol–water partition coefficient (Wildman–Crippen LogP) is 3.97. The van der Waals surface area contributed by atoms with Crippen molar-refractivity contribution in [1.29, 1.82) is 0 Å². The van der Waals surface area contributed by atoms with Crippen LogP contribution >= 0.6 is 11.6 Å². The van der Waals surface area contributed by atoms with Gasteiger partial charge in [0, 0.05) is 18.8 Å². The van der Waals surface area contributed by atoms with Crippen LogP contribution in [0.2, 0.25) is 5.15 Å². The molecule has 26 heavy (non-hydrogen) atoms. The zero-order chi connectivity index (χ0) is 18.5. The van der Waals surface area contributed by atoms with Gasteiger partial charge in [0.15, 0.2) is 5.15 Å². The van der Waals surface area contributed by atoms with Gasteiger partial charge in [-0.05, 0) is 30.7 Å². The van der Waals surface area contributed by atoms with Crippen molar-refractivity contribution in [2.45, 2.75) is 13.5 Å². The molecule has 0 N–H and O–H groups in total. The molecular weight excluding hydrogens is 346 g/mol. The number of imidazole rings is 1. The van der Waals surface area contributed by atoms with Crippen molar-refractivity contribution < 1.29 is 4.79 Å². The second-order valence-corrected chi connectivity index (χ2v) is 6.29. The molecule has 0 aliphatic carbocycles. The molecule has 2 heterocycles. The van der Waals surface area contributed by atoms with Crippen LogP contribution in [-0.2, 0) is 11.3 Å². The molecule has 0 saturated heterocycles. The molecule has 0 aliphatic rings. The summed E-state index contributed by atoms with van der Waals surface area (Å²) in [5.41, 5.74) is 3.59. The first-order chi connectivity index (χ1) is 12.6. The van der Waals surface area contributed by atoms with Gasteiger partial charge < -0.3 is 4.90 Å². The van der Waals surface area contributed by atoms with Gasteiger partial charge in [-0.1, -0.05) is 53.4 Å². The number of carbonyl (C=O) groups excluding carboxylic acids is 1. The number of amides is 1. The summed E-state index contributed by atoms with van der Waals surface area (Å²) >= 11 is 6.20. The van der Waals surface area contributed by atoms with E-state index in [9.17, 15) is 4.79 Å². The molecule has 1 amide bonds. The number of hydrogen-bond acceptors (Lipinski definition) is 2. The van der Waals surface area contributed by atoms with Crippen LogP contribution in [0.5, 0.6) is 0 Å². The van der Waals surface area contributed by atoms with E-state index in [4.69, 9.17) is 18.0 Å². The minimum Gasteiger partial charge on any atom is -0.324 e. The molecule has 2 aromatic heterocycles. The van der Waals surface area contributed by atoms with Crippen LogP contribution in [0.3, 0.4) is 0 Å². The Kier molecular flexibility index (Phi) is 5.40. The molecule has 0 aliphatic heterocycles. The Hall–Kier alpha value is -3.03. The van der Waals surface area contributed by atoms with Gasteiger partial charge in [0.1, 0.15) is 5.65 Å². The van der Waals surface area contributed by atoms with E-state index in [2.05, 4.69) is 10.9 Å². The van der Waals surface area contributed by atoms with Crippen LogP contribution in [0, 0.1) is 19.3 Å². The molecule has 0 atom stereocenters. The maximum atomic E-state index is 12.6. The molecule has 0 saturated carbocycles. The number of pyridine rings is 1. The standard InChI is InChI=1S/C21H18ClN3O/c1-3-13-24(15-17-9-7-16(2)8-10-17)20(26)12-11-18-21(22)23-19-6-4-5-14-25(18)19/h1,4-12,14H,13,15H2,2H3/b12-11+. The predicted molar refractivity (Wildman–Crippen MR) is 105 cm³/mol. The molecule has 3 aromatic rings. The molecule has 130 valence electrons. The number of fused-ring (bicyclic) bond motifs is 1. The molecule has 3 rings (SSSR count). The highest BCUT2D eigenvalue weighted by molar-refractivity contribution is 6.31. The smallest absolute Gasteiger partial charge is 0.247 e. The third-order valence-electron chi connectivity index (χ3n) is 3.99. The molecule has 0 spiro atoms. The van der Waals surface area contributed by atoms with Crippen LogP contribution in [0.4, 0.5) is 0 Å². The lowest BCUT2D eigenvalue weighted by Crippen LogP contribution is -2.29. The van der Waals surface area contributed by atoms with Crippen molar-refractivity contribution in [3.63, 3.8) is 0 Å². The molecule has 0 radical (unpaired) electrons. The van der Waals surface area contributed by atoms with E-state index in [0.29, 0.717) is 17.4 Å². The number of benzene rings is 1. The minimum absolute atomic E-state index is 0.175. The summed E-state index contributed by atoms with van der Waals surface area (Å²) in [4.78, 5) is 18.5. The van der Waals surface area contributed by atoms with Crippen molar-refractivity contribution >= 4 is 29.2 Å². The molecule has 0 fully saturated rings. The maximum absolute atomic E-state index is 12.6. The van der Waals surface area contributed by atoms with Gasteiger partial charge in [-0.15, -0.1) is 6.42 Å². The maximum Gasteiger partial charge on any atom is 0.247 e. The first-order valence-electron chi connectivity index (χ1n) is 8.17. The lowest BCUT2D eigenvalue weighted by atomic mass is 10.1. The number of carbonyl (C=O) groups is 1. The third-order valence-corrected chi connectivity index (χ3v) is 4.27. The number of rotatable bonds is 5. The van der Waals surface area contributed by atoms with E-state index in [1.807, 2.05) is 60.0 Å². The first-order valence-corrected chi connectivity index (χ1v) is 8.55. The van der Waals surface area contributed by atoms with Crippen molar-refractivity contribution in [2.75, 3.05) is 6.54 Å². The second-order valence-electron chi connectivity index (χ2n) is 5.93. The summed E-state index contributed by atoms with van der Waals surface area (Å²) in [7, 11) is 0. The lowest BCUT2D eigenvalue weighted by Gasteiger charge is -2.18. The van der Waals surface area contributed by atoms with E-state index >= 15 is 0 Å². The van der Waals surface area contributed by atoms with E-state index in [1.165, 1.54) is 11.6 Å². The Morgan fingerprint density at radius 1 is 1.31 bits per heavy atom. The number of nitrogens with zero attached hydrogens (tertiary/aromatic N) is 3. The fourth-order valence-electron chi connectivity index (χ4n) is 2.63. The van der Waals surface area contributed by atoms with Gasteiger partial charge in [0.2, 0.25) is 5.91 Å². The zero-order valence-electron chi connectivity index (χ0n) is 14.4. The zero-order valence-corrected chi connectivity index (χ0v) is 15.1. The summed E-state index contributed by atoms with van der Waals surface area (Å²) in [5.74, 6) is 2.37. The van der Waals surface area contributed by atoms with Gasteiger partial charge in [-0.25, -0.2) is 4.98 Å². The average molecular weight is 364 g/mol. The highest BCUT2D eigenvalue weighted by atomic mass is 35.5. The van der Waals surface area contributed by atoms with Gasteiger partial charge >= 0.3 is 0 Å². The number of aromatic nitrogens is 2. The molecule has 1 aromatic carbocycles. The average Bonchev–Trinajstić information content (AvgIpc) is 2.96. The van der Waals surface area contributed by atoms with Crippen LogP contribution in [0.15, 0.2) is 54.7 Å². The molecule has 4 nitrogen and oxygen atoms in total. The van der Waals surface area contributed by atoms with E-state index in [-0.39, 0.29) is 12.5 Å². The Labute approximate surface area is 157 Å². The monoisotopic (exact) mass is 363 g/mol. The normalized spacial score (nSPS) is 11.0. The summed E-state index contributed by atoms with van der Waals surface area (Å²) in [6.45, 7) is 2.71. The van der Waals surface area contributed by atoms with Crippen molar-refractivity contribution in [1.82, 2.24) is 14.3 Å². The van der Waals surface area contributed by atoms with E-state index in [1.54, 1.807) is 11.0 Å². The SMILES string of the molecule is C#CCN(Cc1ccc(C)cc1)C(=O)/C=C/c1c(Cl)nc2ccccn12. The lowest BCUT2D eigenvalue weighted by molar-refractivity contribution is -0.125. The molecule has 0 unspecified atom stereocenters. The van der Waals surface area contributed by atoms with Gasteiger partial charge in [-0.3, -0.25) is 9.20 Å². The molecular formula is C21H18ClN3O. The topological polar surface area (TPSA) is 37.6 Å². The van der Waals surface area contributed by atoms with Crippen LogP contribution in [-0.4, -0.2) is 26.7 Å². The highest BCUT2D eigenvalue weighted by Gasteiger charge is 2.12. The summed E-state index contributed by atoms with van der Waals surface area (Å²) in [6.07, 6.45) is 10.4. The van der Waals surface area contributed by atoms with Gasteiger partial charge in [0.05, 0.1) is 12.2 Å². The third kappa shape index (κ3) is 3.96. The van der Waals surface area contributed by atoms with Gasteiger partial charge in [-0.2, -0.15) is 0 Å². The molecule has 0 bridgehead atoms. The fourth-order valence-corrected chi connectivity index (χ4v) is 2.87. The van der Waals surface area contributed by atoms with Crippen molar-refractivity contribution in [3.8, 4) is 12.3 Å². The van der Waals surface area contributed by atoms with Crippen molar-refractivity contribution in [2.24, 2.45) is 0 Å². The Morgan fingerprint density at radius 2 is 2.08 bits per heavy atom. The van der Waals surface area contributed by atoms with E-state index in [0.717, 1.165) is 11.2 Å². The number of halogens is 1. The Balaban J connectivity index is 1.81. The number of hydrogen-bond donors (Lipinski definition) is 0. The van der Waals surface area contributed by atoms with Crippen LogP contribution in [0.1, 0.15) is 16.8 Å².